The van der Waals surface area contributed by atoms with Gasteiger partial charge in [0.05, 0.1) is 5.56 Å². The summed E-state index contributed by atoms with van der Waals surface area (Å²) >= 11 is 0. The number of amides is 2. The normalized spacial score (nSPS) is 11.3. The molecule has 7 heteroatoms. The molecular formula is C19H19F3N2O2. The van der Waals surface area contributed by atoms with E-state index in [1.807, 2.05) is 13.8 Å². The zero-order valence-electron chi connectivity index (χ0n) is 14.4. The first-order valence-corrected chi connectivity index (χ1v) is 8.03. The summed E-state index contributed by atoms with van der Waals surface area (Å²) in [6.45, 7) is 4.45. The first kappa shape index (κ1) is 19.5. The number of benzene rings is 2. The second-order valence-corrected chi connectivity index (χ2v) is 6.21. The van der Waals surface area contributed by atoms with Crippen LogP contribution in [0.2, 0.25) is 0 Å². The van der Waals surface area contributed by atoms with E-state index in [-0.39, 0.29) is 17.2 Å². The molecule has 138 valence electrons. The Kier molecular flexibility index (Phi) is 6.02. The molecule has 2 aromatic rings. The van der Waals surface area contributed by atoms with Crippen molar-refractivity contribution >= 4 is 17.5 Å². The van der Waals surface area contributed by atoms with Crippen LogP contribution < -0.4 is 10.6 Å². The zero-order chi connectivity index (χ0) is 19.3. The van der Waals surface area contributed by atoms with Crippen molar-refractivity contribution in [2.75, 3.05) is 11.9 Å². The van der Waals surface area contributed by atoms with E-state index in [0.29, 0.717) is 18.0 Å². The van der Waals surface area contributed by atoms with E-state index in [9.17, 15) is 22.8 Å². The predicted molar refractivity (Wildman–Crippen MR) is 93.0 cm³/mol. The monoisotopic (exact) mass is 364 g/mol. The molecule has 0 unspecified atom stereocenters. The molecule has 2 rings (SSSR count). The molecule has 0 heterocycles. The van der Waals surface area contributed by atoms with Gasteiger partial charge in [0, 0.05) is 23.4 Å². The van der Waals surface area contributed by atoms with Crippen LogP contribution in [0.4, 0.5) is 18.9 Å². The fourth-order valence-corrected chi connectivity index (χ4v) is 2.15. The summed E-state index contributed by atoms with van der Waals surface area (Å²) in [5.41, 5.74) is 0.0183. The van der Waals surface area contributed by atoms with Crippen LogP contribution in [-0.4, -0.2) is 18.4 Å². The molecule has 2 aromatic carbocycles. The van der Waals surface area contributed by atoms with Gasteiger partial charge in [-0.15, -0.1) is 0 Å². The maximum absolute atomic E-state index is 12.6. The Balaban J connectivity index is 2.08. The van der Waals surface area contributed by atoms with E-state index in [2.05, 4.69) is 10.6 Å². The highest BCUT2D eigenvalue weighted by Gasteiger charge is 2.30. The van der Waals surface area contributed by atoms with Gasteiger partial charge in [-0.3, -0.25) is 9.59 Å². The number of alkyl halides is 3. The predicted octanol–water partition coefficient (Wildman–Crippen LogP) is 4.34. The first-order chi connectivity index (χ1) is 12.2. The number of halogens is 3. The third-order valence-electron chi connectivity index (χ3n) is 3.53. The van der Waals surface area contributed by atoms with E-state index in [0.717, 1.165) is 12.1 Å². The van der Waals surface area contributed by atoms with Crippen molar-refractivity contribution in [1.29, 1.82) is 0 Å². The van der Waals surface area contributed by atoms with Crippen LogP contribution in [0.3, 0.4) is 0 Å². The minimum Gasteiger partial charge on any atom is -0.352 e. The molecule has 0 aliphatic rings. The second-order valence-electron chi connectivity index (χ2n) is 6.21. The summed E-state index contributed by atoms with van der Waals surface area (Å²) in [4.78, 5) is 24.3. The van der Waals surface area contributed by atoms with Crippen LogP contribution in [0.15, 0.2) is 48.5 Å². The van der Waals surface area contributed by atoms with Crippen LogP contribution >= 0.6 is 0 Å². The highest BCUT2D eigenvalue weighted by Crippen LogP contribution is 2.29. The van der Waals surface area contributed by atoms with E-state index < -0.39 is 17.6 Å². The van der Waals surface area contributed by atoms with Gasteiger partial charge in [0.2, 0.25) is 0 Å². The molecule has 0 bridgehead atoms. The molecule has 2 amide bonds. The van der Waals surface area contributed by atoms with Crippen molar-refractivity contribution < 1.29 is 22.8 Å². The number of nitrogens with one attached hydrogen (secondary N) is 2. The number of anilines is 1. The Morgan fingerprint density at radius 3 is 2.08 bits per heavy atom. The van der Waals surface area contributed by atoms with E-state index in [4.69, 9.17) is 0 Å². The number of carbonyl (C=O) groups is 2. The van der Waals surface area contributed by atoms with Gasteiger partial charge < -0.3 is 10.6 Å². The zero-order valence-corrected chi connectivity index (χ0v) is 14.4. The molecule has 0 aromatic heterocycles. The Morgan fingerprint density at radius 1 is 0.962 bits per heavy atom. The number of hydrogen-bond donors (Lipinski definition) is 2. The second kappa shape index (κ2) is 8.03. The molecule has 0 aliphatic heterocycles. The average Bonchev–Trinajstić information content (AvgIpc) is 2.59. The van der Waals surface area contributed by atoms with Crippen molar-refractivity contribution in [1.82, 2.24) is 5.32 Å². The fraction of sp³-hybridized carbons (Fsp3) is 0.263. The standard InChI is InChI=1S/C19H19F3N2O2/c1-12(2)11-23-17(25)13-4-3-5-14(10-13)18(26)24-16-8-6-15(7-9-16)19(20,21)22/h3-10,12H,11H2,1-2H3,(H,23,25)(H,24,26). The lowest BCUT2D eigenvalue weighted by Crippen LogP contribution is -2.27. The van der Waals surface area contributed by atoms with E-state index in [1.54, 1.807) is 12.1 Å². The topological polar surface area (TPSA) is 58.2 Å². The highest BCUT2D eigenvalue weighted by molar-refractivity contribution is 6.06. The Bertz CT molecular complexity index is 784. The molecule has 0 fully saturated rings. The molecule has 4 nitrogen and oxygen atoms in total. The smallest absolute Gasteiger partial charge is 0.352 e. The third-order valence-corrected chi connectivity index (χ3v) is 3.53. The molecule has 26 heavy (non-hydrogen) atoms. The van der Waals surface area contributed by atoms with Gasteiger partial charge in [0.1, 0.15) is 0 Å². The average molecular weight is 364 g/mol. The van der Waals surface area contributed by atoms with Crippen molar-refractivity contribution in [2.45, 2.75) is 20.0 Å². The van der Waals surface area contributed by atoms with Crippen molar-refractivity contribution in [3.63, 3.8) is 0 Å². The molecule has 0 radical (unpaired) electrons. The van der Waals surface area contributed by atoms with Gasteiger partial charge in [-0.25, -0.2) is 0 Å². The first-order valence-electron chi connectivity index (χ1n) is 8.03. The van der Waals surface area contributed by atoms with Crippen LogP contribution in [0.5, 0.6) is 0 Å². The van der Waals surface area contributed by atoms with Gasteiger partial charge in [-0.1, -0.05) is 19.9 Å². The van der Waals surface area contributed by atoms with Crippen LogP contribution in [-0.2, 0) is 6.18 Å². The third kappa shape index (κ3) is 5.34. The molecule has 0 spiro atoms. The fourth-order valence-electron chi connectivity index (χ4n) is 2.15. The molecule has 0 saturated carbocycles. The number of rotatable bonds is 5. The lowest BCUT2D eigenvalue weighted by Gasteiger charge is -2.10. The Morgan fingerprint density at radius 2 is 1.54 bits per heavy atom. The van der Waals surface area contributed by atoms with Gasteiger partial charge >= 0.3 is 6.18 Å². The summed E-state index contributed by atoms with van der Waals surface area (Å²) < 4.78 is 37.7. The Hall–Kier alpha value is -2.83. The molecular weight excluding hydrogens is 345 g/mol. The minimum atomic E-state index is -4.43. The van der Waals surface area contributed by atoms with E-state index >= 15 is 0 Å². The maximum atomic E-state index is 12.6. The van der Waals surface area contributed by atoms with Gasteiger partial charge in [-0.2, -0.15) is 13.2 Å². The van der Waals surface area contributed by atoms with Crippen molar-refractivity contribution in [3.05, 3.63) is 65.2 Å². The largest absolute Gasteiger partial charge is 0.416 e. The lowest BCUT2D eigenvalue weighted by atomic mass is 10.1. The number of carbonyl (C=O) groups excluding carboxylic acids is 2. The van der Waals surface area contributed by atoms with Crippen LogP contribution in [0.25, 0.3) is 0 Å². The van der Waals surface area contributed by atoms with E-state index in [1.165, 1.54) is 24.3 Å². The quantitative estimate of drug-likeness (QED) is 0.829. The van der Waals surface area contributed by atoms with Crippen molar-refractivity contribution in [3.8, 4) is 0 Å². The summed E-state index contributed by atoms with van der Waals surface area (Å²) in [7, 11) is 0. The lowest BCUT2D eigenvalue weighted by molar-refractivity contribution is -0.137. The SMILES string of the molecule is CC(C)CNC(=O)c1cccc(C(=O)Nc2ccc(C(F)(F)F)cc2)c1. The summed E-state index contributed by atoms with van der Waals surface area (Å²) in [6.07, 6.45) is -4.43. The maximum Gasteiger partial charge on any atom is 0.416 e. The van der Waals surface area contributed by atoms with Gasteiger partial charge in [0.25, 0.3) is 11.8 Å². The molecule has 0 aliphatic carbocycles. The summed E-state index contributed by atoms with van der Waals surface area (Å²) in [5, 5.41) is 5.27. The summed E-state index contributed by atoms with van der Waals surface area (Å²) in [5.74, 6) is -0.503. The summed E-state index contributed by atoms with van der Waals surface area (Å²) in [6, 6.07) is 10.3. The van der Waals surface area contributed by atoms with Crippen molar-refractivity contribution in [2.24, 2.45) is 5.92 Å². The van der Waals surface area contributed by atoms with Gasteiger partial charge in [-0.05, 0) is 48.4 Å². The van der Waals surface area contributed by atoms with Crippen LogP contribution in [0, 0.1) is 5.92 Å². The molecule has 2 N–H and O–H groups in total. The van der Waals surface area contributed by atoms with Crippen LogP contribution in [0.1, 0.15) is 40.1 Å². The number of hydrogen-bond acceptors (Lipinski definition) is 2. The Labute approximate surface area is 149 Å². The molecule has 0 atom stereocenters. The highest BCUT2D eigenvalue weighted by atomic mass is 19.4. The minimum absolute atomic E-state index is 0.234. The van der Waals surface area contributed by atoms with Gasteiger partial charge in [0.15, 0.2) is 0 Å². The molecule has 0 saturated heterocycles.